The molecule has 0 unspecified atom stereocenters. The van der Waals surface area contributed by atoms with Gasteiger partial charge in [-0.05, 0) is 30.3 Å². The maximum absolute atomic E-state index is 12.8. The van der Waals surface area contributed by atoms with E-state index in [1.807, 2.05) is 85.1 Å². The number of rotatable bonds is 6. The molecule has 168 valence electrons. The number of nitrogens with zero attached hydrogens (tertiary/aromatic N) is 3. The second-order valence-electron chi connectivity index (χ2n) is 7.39. The molecule has 0 aliphatic rings. The molecule has 2 aromatic heterocycles. The predicted octanol–water partition coefficient (Wildman–Crippen LogP) is 6.18. The van der Waals surface area contributed by atoms with Crippen LogP contribution in [-0.2, 0) is 0 Å². The van der Waals surface area contributed by atoms with E-state index in [1.165, 1.54) is 11.3 Å². The predicted molar refractivity (Wildman–Crippen MR) is 137 cm³/mol. The number of hydrogen-bond donors (Lipinski definition) is 1. The molecule has 0 spiro atoms. The number of methoxy groups -OCH3 is 1. The van der Waals surface area contributed by atoms with Crippen LogP contribution in [0.5, 0.6) is 5.75 Å². The zero-order valence-corrected chi connectivity index (χ0v) is 19.7. The number of amides is 1. The number of benzene rings is 3. The highest BCUT2D eigenvalue weighted by atomic mass is 35.5. The van der Waals surface area contributed by atoms with Crippen LogP contribution in [0.2, 0.25) is 5.02 Å². The highest BCUT2D eigenvalue weighted by Gasteiger charge is 2.17. The van der Waals surface area contributed by atoms with Gasteiger partial charge in [-0.2, -0.15) is 10.2 Å². The zero-order valence-electron chi connectivity index (χ0n) is 18.1. The van der Waals surface area contributed by atoms with Gasteiger partial charge >= 0.3 is 0 Å². The topological polar surface area (TPSA) is 68.5 Å². The maximum atomic E-state index is 12.8. The number of para-hydroxylation sites is 1. The van der Waals surface area contributed by atoms with Crippen LogP contribution >= 0.6 is 22.9 Å². The highest BCUT2D eigenvalue weighted by Crippen LogP contribution is 2.37. The molecule has 1 N–H and O–H groups in total. The summed E-state index contributed by atoms with van der Waals surface area (Å²) in [5.41, 5.74) is 6.00. The normalized spacial score (nSPS) is 11.2. The lowest BCUT2D eigenvalue weighted by atomic mass is 10.1. The van der Waals surface area contributed by atoms with E-state index in [4.69, 9.17) is 21.4 Å². The van der Waals surface area contributed by atoms with Crippen LogP contribution in [0.3, 0.4) is 0 Å². The molecule has 0 radical (unpaired) electrons. The van der Waals surface area contributed by atoms with Crippen molar-refractivity contribution in [3.63, 3.8) is 0 Å². The molecule has 6 nitrogen and oxygen atoms in total. The minimum atomic E-state index is -0.377. The second kappa shape index (κ2) is 9.51. The van der Waals surface area contributed by atoms with Crippen molar-refractivity contribution in [1.82, 2.24) is 15.2 Å². The number of halogens is 1. The third-order valence-electron chi connectivity index (χ3n) is 5.22. The quantitative estimate of drug-likeness (QED) is 0.230. The lowest BCUT2D eigenvalue weighted by molar-refractivity contribution is 0.0959. The Morgan fingerprint density at radius 1 is 1.09 bits per heavy atom. The summed E-state index contributed by atoms with van der Waals surface area (Å²) in [6, 6.07) is 25.2. The van der Waals surface area contributed by atoms with Gasteiger partial charge in [-0.15, -0.1) is 11.3 Å². The van der Waals surface area contributed by atoms with Crippen LogP contribution in [0, 0.1) is 0 Å². The van der Waals surface area contributed by atoms with Crippen molar-refractivity contribution < 1.29 is 9.53 Å². The SMILES string of the molecule is COc1ccc2c(Cl)c(C(=O)N/N=C/c3cn(-c4ccccc4)nc3-c3ccccc3)sc2c1. The van der Waals surface area contributed by atoms with Crippen molar-refractivity contribution in [1.29, 1.82) is 0 Å². The Hall–Kier alpha value is -3.94. The molecule has 0 atom stereocenters. The number of hydrazone groups is 1. The molecular formula is C26H19ClN4O2S. The number of nitrogens with one attached hydrogen (secondary N) is 1. The highest BCUT2D eigenvalue weighted by molar-refractivity contribution is 7.21. The summed E-state index contributed by atoms with van der Waals surface area (Å²) in [6.45, 7) is 0. The van der Waals surface area contributed by atoms with Crippen molar-refractivity contribution in [2.45, 2.75) is 0 Å². The molecule has 0 fully saturated rings. The van der Waals surface area contributed by atoms with Crippen molar-refractivity contribution in [3.8, 4) is 22.7 Å². The van der Waals surface area contributed by atoms with Crippen LogP contribution < -0.4 is 10.2 Å². The maximum Gasteiger partial charge on any atom is 0.283 e. The van der Waals surface area contributed by atoms with Crippen LogP contribution in [0.15, 0.2) is 90.2 Å². The summed E-state index contributed by atoms with van der Waals surface area (Å²) in [5, 5.41) is 10.2. The standard InChI is InChI=1S/C26H19ClN4O2S/c1-33-20-12-13-21-22(14-20)34-25(23(21)27)26(32)29-28-15-18-16-31(19-10-6-3-7-11-19)30-24(18)17-8-4-2-5-9-17/h2-16H,1H3,(H,29,32)/b28-15+. The number of carbonyl (C=O) groups is 1. The minimum absolute atomic E-state index is 0.377. The molecule has 0 saturated carbocycles. The molecular weight excluding hydrogens is 468 g/mol. The summed E-state index contributed by atoms with van der Waals surface area (Å²) < 4.78 is 7.92. The molecule has 3 aromatic carbocycles. The summed E-state index contributed by atoms with van der Waals surface area (Å²) in [6.07, 6.45) is 3.48. The van der Waals surface area contributed by atoms with Gasteiger partial charge in [-0.1, -0.05) is 60.1 Å². The van der Waals surface area contributed by atoms with E-state index in [0.717, 1.165) is 32.6 Å². The van der Waals surface area contributed by atoms with Crippen molar-refractivity contribution in [3.05, 3.63) is 101 Å². The fraction of sp³-hybridized carbons (Fsp3) is 0.0385. The van der Waals surface area contributed by atoms with Crippen molar-refractivity contribution in [2.24, 2.45) is 5.10 Å². The largest absolute Gasteiger partial charge is 0.497 e. The van der Waals surface area contributed by atoms with Crippen LogP contribution in [0.25, 0.3) is 27.0 Å². The third-order valence-corrected chi connectivity index (χ3v) is 6.88. The van der Waals surface area contributed by atoms with Crippen LogP contribution in [0.1, 0.15) is 15.2 Å². The minimum Gasteiger partial charge on any atom is -0.497 e. The lowest BCUT2D eigenvalue weighted by Gasteiger charge is -2.00. The van der Waals surface area contributed by atoms with E-state index in [-0.39, 0.29) is 5.91 Å². The smallest absolute Gasteiger partial charge is 0.283 e. The van der Waals surface area contributed by atoms with Gasteiger partial charge in [0.2, 0.25) is 0 Å². The Morgan fingerprint density at radius 2 is 1.82 bits per heavy atom. The molecule has 1 amide bonds. The summed E-state index contributed by atoms with van der Waals surface area (Å²) in [7, 11) is 1.60. The third kappa shape index (κ3) is 4.31. The average molecular weight is 487 g/mol. The van der Waals surface area contributed by atoms with Crippen LogP contribution in [-0.4, -0.2) is 29.0 Å². The average Bonchev–Trinajstić information content (AvgIpc) is 3.46. The summed E-state index contributed by atoms with van der Waals surface area (Å²) in [4.78, 5) is 13.2. The number of ether oxygens (including phenoxy) is 1. The molecule has 0 aliphatic carbocycles. The Balaban J connectivity index is 1.43. The van der Waals surface area contributed by atoms with Crippen molar-refractivity contribution in [2.75, 3.05) is 7.11 Å². The molecule has 2 heterocycles. The Kier molecular flexibility index (Phi) is 6.12. The van der Waals surface area contributed by atoms with Gasteiger partial charge in [-0.25, -0.2) is 10.1 Å². The molecule has 0 bridgehead atoms. The van der Waals surface area contributed by atoms with Gasteiger partial charge in [0.05, 0.1) is 24.0 Å². The second-order valence-corrected chi connectivity index (χ2v) is 8.82. The Bertz CT molecular complexity index is 1490. The Labute approximate surface area is 205 Å². The number of carbonyl (C=O) groups excluding carboxylic acids is 1. The molecule has 0 saturated heterocycles. The van der Waals surface area contributed by atoms with E-state index >= 15 is 0 Å². The first-order chi connectivity index (χ1) is 16.6. The first-order valence-corrected chi connectivity index (χ1v) is 11.6. The van der Waals surface area contributed by atoms with Gasteiger partial charge in [0.15, 0.2) is 0 Å². The van der Waals surface area contributed by atoms with E-state index in [9.17, 15) is 4.79 Å². The van der Waals surface area contributed by atoms with E-state index in [1.54, 1.807) is 18.0 Å². The number of thiophene rings is 1. The fourth-order valence-electron chi connectivity index (χ4n) is 3.54. The molecule has 5 aromatic rings. The first-order valence-electron chi connectivity index (χ1n) is 10.4. The molecule has 5 rings (SSSR count). The van der Waals surface area contributed by atoms with E-state index in [2.05, 4.69) is 10.5 Å². The van der Waals surface area contributed by atoms with Gasteiger partial charge in [0.25, 0.3) is 5.91 Å². The summed E-state index contributed by atoms with van der Waals surface area (Å²) >= 11 is 7.76. The number of aromatic nitrogens is 2. The first kappa shape index (κ1) is 21.9. The van der Waals surface area contributed by atoms with Gasteiger partial charge in [-0.3, -0.25) is 4.79 Å². The van der Waals surface area contributed by atoms with Gasteiger partial charge in [0.1, 0.15) is 16.3 Å². The fourth-order valence-corrected chi connectivity index (χ4v) is 4.98. The van der Waals surface area contributed by atoms with Crippen molar-refractivity contribution >= 4 is 45.1 Å². The zero-order chi connectivity index (χ0) is 23.5. The Morgan fingerprint density at radius 3 is 2.56 bits per heavy atom. The monoisotopic (exact) mass is 486 g/mol. The van der Waals surface area contributed by atoms with E-state index in [0.29, 0.717) is 15.6 Å². The molecule has 8 heteroatoms. The molecule has 0 aliphatic heterocycles. The lowest BCUT2D eigenvalue weighted by Crippen LogP contribution is -2.16. The van der Waals surface area contributed by atoms with E-state index < -0.39 is 0 Å². The number of hydrogen-bond acceptors (Lipinski definition) is 5. The van der Waals surface area contributed by atoms with Gasteiger partial charge < -0.3 is 4.74 Å². The molecule has 34 heavy (non-hydrogen) atoms. The number of fused-ring (bicyclic) bond motifs is 1. The summed E-state index contributed by atoms with van der Waals surface area (Å²) in [5.74, 6) is 0.331. The van der Waals surface area contributed by atoms with Gasteiger partial charge in [0, 0.05) is 27.4 Å². The van der Waals surface area contributed by atoms with Crippen LogP contribution in [0.4, 0.5) is 0 Å².